The Bertz CT molecular complexity index is 836. The molecular weight excluding hydrogens is 449 g/mol. The van der Waals surface area contributed by atoms with Crippen molar-refractivity contribution >= 4 is 44.8 Å². The molecule has 0 radical (unpaired) electrons. The van der Waals surface area contributed by atoms with E-state index in [0.29, 0.717) is 0 Å². The number of nitrogens with zero attached hydrogens (tertiary/aromatic N) is 1. The van der Waals surface area contributed by atoms with Gasteiger partial charge >= 0.3 is 0 Å². The summed E-state index contributed by atoms with van der Waals surface area (Å²) in [6.45, 7) is 5.21. The number of amides is 1. The monoisotopic (exact) mass is 469 g/mol. The minimum atomic E-state index is -0.207. The second-order valence-corrected chi connectivity index (χ2v) is 8.54. The number of likely N-dealkylation sites (N-methyl/N-ethyl adjacent to an activating group) is 1. The van der Waals surface area contributed by atoms with Crippen LogP contribution < -0.4 is 15.4 Å². The standard InChI is InChI=1S/C18H20IN3O2S/c1-3-22-7-6-11-14(9-22)25-18-15(11)17(23)20-16(21-18)10-4-5-13(24-2)12(19)8-10/h4-5,8,16,21H,3,6-7,9H2,1-2H3,(H,20,23)/t16-/m1/s1. The number of hydrogen-bond donors (Lipinski definition) is 2. The number of methoxy groups -OCH3 is 1. The minimum Gasteiger partial charge on any atom is -0.496 e. The van der Waals surface area contributed by atoms with E-state index in [1.165, 1.54) is 10.4 Å². The van der Waals surface area contributed by atoms with E-state index in [2.05, 4.69) is 51.1 Å². The van der Waals surface area contributed by atoms with Crippen LogP contribution in [0.2, 0.25) is 0 Å². The molecule has 1 amide bonds. The van der Waals surface area contributed by atoms with E-state index in [1.54, 1.807) is 18.4 Å². The van der Waals surface area contributed by atoms with Crippen LogP contribution in [0.3, 0.4) is 0 Å². The van der Waals surface area contributed by atoms with E-state index in [1.807, 2.05) is 12.1 Å². The highest BCUT2D eigenvalue weighted by Gasteiger charge is 2.33. The fourth-order valence-electron chi connectivity index (χ4n) is 3.47. The van der Waals surface area contributed by atoms with Crippen LogP contribution in [0.25, 0.3) is 0 Å². The number of hydrogen-bond acceptors (Lipinski definition) is 5. The lowest BCUT2D eigenvalue weighted by Gasteiger charge is -2.28. The fourth-order valence-corrected chi connectivity index (χ4v) is 5.54. The van der Waals surface area contributed by atoms with Gasteiger partial charge in [-0.25, -0.2) is 0 Å². The summed E-state index contributed by atoms with van der Waals surface area (Å²) in [6.07, 6.45) is 0.747. The normalized spacial score (nSPS) is 19.6. The number of halogens is 1. The lowest BCUT2D eigenvalue weighted by atomic mass is 10.0. The Balaban J connectivity index is 1.65. The van der Waals surface area contributed by atoms with Crippen LogP contribution >= 0.6 is 33.9 Å². The summed E-state index contributed by atoms with van der Waals surface area (Å²) in [5.41, 5.74) is 3.12. The van der Waals surface area contributed by atoms with Gasteiger partial charge in [-0.1, -0.05) is 13.0 Å². The van der Waals surface area contributed by atoms with Crippen LogP contribution in [0.15, 0.2) is 18.2 Å². The average molecular weight is 469 g/mol. The molecule has 2 aliphatic heterocycles. The molecule has 132 valence electrons. The molecule has 25 heavy (non-hydrogen) atoms. The molecule has 2 aliphatic rings. The summed E-state index contributed by atoms with van der Waals surface area (Å²) in [4.78, 5) is 16.5. The predicted octanol–water partition coefficient (Wildman–Crippen LogP) is 3.59. The third-order valence-corrected chi connectivity index (χ3v) is 6.86. The first-order chi connectivity index (χ1) is 12.1. The zero-order valence-corrected chi connectivity index (χ0v) is 17.2. The molecule has 1 aromatic heterocycles. The summed E-state index contributed by atoms with van der Waals surface area (Å²) >= 11 is 3.99. The Labute approximate surface area is 164 Å². The molecule has 0 fully saturated rings. The number of nitrogens with one attached hydrogen (secondary N) is 2. The first-order valence-electron chi connectivity index (χ1n) is 8.38. The maximum Gasteiger partial charge on any atom is 0.256 e. The van der Waals surface area contributed by atoms with Crippen molar-refractivity contribution in [3.05, 3.63) is 43.3 Å². The third-order valence-electron chi connectivity index (χ3n) is 4.87. The molecule has 0 unspecified atom stereocenters. The second-order valence-electron chi connectivity index (χ2n) is 6.27. The van der Waals surface area contributed by atoms with Crippen LogP contribution in [0.1, 0.15) is 39.5 Å². The topological polar surface area (TPSA) is 53.6 Å². The largest absolute Gasteiger partial charge is 0.496 e. The van der Waals surface area contributed by atoms with Crippen molar-refractivity contribution in [3.8, 4) is 5.75 Å². The molecule has 0 aliphatic carbocycles. The van der Waals surface area contributed by atoms with Crippen LogP contribution in [0.5, 0.6) is 5.75 Å². The molecule has 5 nitrogen and oxygen atoms in total. The van der Waals surface area contributed by atoms with E-state index in [9.17, 15) is 4.79 Å². The smallest absolute Gasteiger partial charge is 0.256 e. The lowest BCUT2D eigenvalue weighted by molar-refractivity contribution is 0.0934. The number of anilines is 1. The lowest BCUT2D eigenvalue weighted by Crippen LogP contribution is -2.38. The summed E-state index contributed by atoms with van der Waals surface area (Å²) in [5, 5.41) is 7.64. The van der Waals surface area contributed by atoms with Gasteiger partial charge in [0.2, 0.25) is 0 Å². The maximum absolute atomic E-state index is 12.8. The first-order valence-corrected chi connectivity index (χ1v) is 10.3. The van der Waals surface area contributed by atoms with E-state index < -0.39 is 0 Å². The Morgan fingerprint density at radius 1 is 1.40 bits per heavy atom. The van der Waals surface area contributed by atoms with Gasteiger partial charge in [0.25, 0.3) is 5.91 Å². The minimum absolute atomic E-state index is 0.0343. The average Bonchev–Trinajstić information content (AvgIpc) is 2.99. The molecule has 2 aromatic rings. The second kappa shape index (κ2) is 6.77. The number of rotatable bonds is 3. The quantitative estimate of drug-likeness (QED) is 0.675. The summed E-state index contributed by atoms with van der Waals surface area (Å²) < 4.78 is 6.35. The van der Waals surface area contributed by atoms with Crippen LogP contribution in [0.4, 0.5) is 5.00 Å². The number of thiophene rings is 1. The van der Waals surface area contributed by atoms with E-state index >= 15 is 0 Å². The third kappa shape index (κ3) is 3.02. The van der Waals surface area contributed by atoms with Gasteiger partial charge < -0.3 is 15.4 Å². The van der Waals surface area contributed by atoms with E-state index in [4.69, 9.17) is 4.74 Å². The summed E-state index contributed by atoms with van der Waals surface area (Å²) in [5.74, 6) is 0.880. The highest BCUT2D eigenvalue weighted by Crippen LogP contribution is 2.41. The molecule has 3 heterocycles. The molecule has 2 N–H and O–H groups in total. The van der Waals surface area contributed by atoms with Crippen LogP contribution in [-0.2, 0) is 13.0 Å². The van der Waals surface area contributed by atoms with Crippen molar-refractivity contribution in [1.82, 2.24) is 10.2 Å². The van der Waals surface area contributed by atoms with E-state index in [-0.39, 0.29) is 12.1 Å². The van der Waals surface area contributed by atoms with Gasteiger partial charge in [0.15, 0.2) is 0 Å². The van der Waals surface area contributed by atoms with Crippen molar-refractivity contribution in [1.29, 1.82) is 0 Å². The van der Waals surface area contributed by atoms with Crippen molar-refractivity contribution in [2.24, 2.45) is 0 Å². The van der Waals surface area contributed by atoms with Crippen LogP contribution in [-0.4, -0.2) is 31.0 Å². The molecule has 1 atom stereocenters. The molecule has 1 aromatic carbocycles. The predicted molar refractivity (Wildman–Crippen MR) is 109 cm³/mol. The van der Waals surface area contributed by atoms with Gasteiger partial charge in [0, 0.05) is 18.0 Å². The molecule has 0 saturated carbocycles. The van der Waals surface area contributed by atoms with E-state index in [0.717, 1.165) is 51.5 Å². The van der Waals surface area contributed by atoms with Gasteiger partial charge in [0.1, 0.15) is 16.9 Å². The van der Waals surface area contributed by atoms with Crippen molar-refractivity contribution < 1.29 is 9.53 Å². The van der Waals surface area contributed by atoms with Gasteiger partial charge in [-0.15, -0.1) is 11.3 Å². The highest BCUT2D eigenvalue weighted by atomic mass is 127. The zero-order valence-electron chi connectivity index (χ0n) is 14.2. The molecule has 7 heteroatoms. The van der Waals surface area contributed by atoms with Crippen molar-refractivity contribution in [2.75, 3.05) is 25.5 Å². The highest BCUT2D eigenvalue weighted by molar-refractivity contribution is 14.1. The summed E-state index contributed by atoms with van der Waals surface area (Å²) in [6, 6.07) is 5.99. The fraction of sp³-hybridized carbons (Fsp3) is 0.389. The van der Waals surface area contributed by atoms with Gasteiger partial charge in [-0.3, -0.25) is 9.69 Å². The Morgan fingerprint density at radius 2 is 2.24 bits per heavy atom. The number of carbonyl (C=O) groups is 1. The van der Waals surface area contributed by atoms with Crippen LogP contribution in [0, 0.1) is 3.57 Å². The summed E-state index contributed by atoms with van der Waals surface area (Å²) in [7, 11) is 1.67. The maximum atomic E-state index is 12.8. The van der Waals surface area contributed by atoms with Crippen molar-refractivity contribution in [3.63, 3.8) is 0 Å². The first kappa shape index (κ1) is 17.1. The molecule has 4 rings (SSSR count). The Morgan fingerprint density at radius 3 is 2.96 bits per heavy atom. The zero-order chi connectivity index (χ0) is 17.6. The molecule has 0 saturated heterocycles. The van der Waals surface area contributed by atoms with Gasteiger partial charge in [0.05, 0.1) is 16.2 Å². The Hall–Kier alpha value is -1.32. The van der Waals surface area contributed by atoms with Gasteiger partial charge in [-0.05, 0) is 58.8 Å². The SMILES string of the molecule is CCN1CCc2c(sc3c2C(=O)N[C@@H](c2ccc(OC)c(I)c2)N3)C1. The van der Waals surface area contributed by atoms with Gasteiger partial charge in [-0.2, -0.15) is 0 Å². The Kier molecular flexibility index (Phi) is 4.63. The number of fused-ring (bicyclic) bond motifs is 3. The van der Waals surface area contributed by atoms with Crippen molar-refractivity contribution in [2.45, 2.75) is 26.1 Å². The molecular formula is C18H20IN3O2S. The number of benzene rings is 1. The number of carbonyl (C=O) groups excluding carboxylic acids is 1. The molecule has 0 bridgehead atoms. The molecule has 0 spiro atoms. The number of ether oxygens (including phenoxy) is 1.